The van der Waals surface area contributed by atoms with Gasteiger partial charge in [0.25, 0.3) is 11.8 Å². The van der Waals surface area contributed by atoms with Crippen molar-refractivity contribution in [2.45, 2.75) is 74.9 Å². The number of rotatable bonds is 2. The van der Waals surface area contributed by atoms with Gasteiger partial charge in [-0.3, -0.25) is 19.4 Å². The quantitative estimate of drug-likeness (QED) is 0.235. The number of fused-ring (bicyclic) bond motifs is 4. The van der Waals surface area contributed by atoms with Gasteiger partial charge in [0, 0.05) is 25.7 Å². The van der Waals surface area contributed by atoms with E-state index in [1.165, 1.54) is 0 Å². The maximum absolute atomic E-state index is 12.2. The lowest BCUT2D eigenvalue weighted by atomic mass is 9.89. The Hall–Kier alpha value is -4.12. The highest BCUT2D eigenvalue weighted by molar-refractivity contribution is 5.96. The van der Waals surface area contributed by atoms with Crippen LogP contribution in [0.15, 0.2) is 24.3 Å². The second kappa shape index (κ2) is 13.3. The second-order valence-electron chi connectivity index (χ2n) is 11.8. The Morgan fingerprint density at radius 2 is 1.07 bits per heavy atom. The van der Waals surface area contributed by atoms with Gasteiger partial charge < -0.3 is 65.9 Å². The smallest absolute Gasteiger partial charge is 0.416 e. The first-order valence-electron chi connectivity index (χ1n) is 14.8. The molecule has 2 saturated heterocycles. The fourth-order valence-electron chi connectivity index (χ4n) is 6.58. The number of hydrogen-bond acceptors (Lipinski definition) is 10. The van der Waals surface area contributed by atoms with Crippen LogP contribution in [-0.2, 0) is 19.1 Å². The number of pyridine rings is 2. The van der Waals surface area contributed by atoms with E-state index in [4.69, 9.17) is 18.9 Å². The van der Waals surface area contributed by atoms with E-state index in [1.807, 2.05) is 0 Å². The van der Waals surface area contributed by atoms with Gasteiger partial charge in [-0.1, -0.05) is 0 Å². The molecular weight excluding hydrogens is 647 g/mol. The third kappa shape index (κ3) is 6.29. The minimum Gasteiger partial charge on any atom is -1.00 e. The van der Waals surface area contributed by atoms with E-state index >= 15 is 0 Å². The van der Waals surface area contributed by atoms with E-state index in [-0.39, 0.29) is 86.3 Å². The number of aromatic nitrogens is 2. The molecular formula is C28H34Cl2N8O8. The molecule has 0 bridgehead atoms. The van der Waals surface area contributed by atoms with Crippen molar-refractivity contribution in [1.29, 1.82) is 0 Å². The van der Waals surface area contributed by atoms with Crippen molar-refractivity contribution in [2.75, 3.05) is 33.6 Å². The summed E-state index contributed by atoms with van der Waals surface area (Å²) in [6, 6.07) is 7.46. The molecule has 2 aromatic heterocycles. The van der Waals surface area contributed by atoms with Gasteiger partial charge in [0.05, 0.1) is 24.2 Å². The lowest BCUT2D eigenvalue weighted by Gasteiger charge is -2.29. The third-order valence-corrected chi connectivity index (χ3v) is 8.71. The number of nitrogens with one attached hydrogen (secondary N) is 2. The molecule has 8 rings (SSSR count). The molecule has 8 N–H and O–H groups in total. The molecule has 46 heavy (non-hydrogen) atoms. The van der Waals surface area contributed by atoms with Gasteiger partial charge in [0.2, 0.25) is 0 Å². The minimum absolute atomic E-state index is 0. The Morgan fingerprint density at radius 3 is 1.48 bits per heavy atom. The average Bonchev–Trinajstić information content (AvgIpc) is 3.50. The van der Waals surface area contributed by atoms with Gasteiger partial charge in [-0.25, -0.2) is 19.6 Å². The van der Waals surface area contributed by atoms with Crippen molar-refractivity contribution < 1.29 is 74.4 Å². The molecule has 0 aromatic carbocycles. The van der Waals surface area contributed by atoms with Crippen LogP contribution in [0.3, 0.4) is 0 Å². The first kappa shape index (κ1) is 33.2. The highest BCUT2D eigenvalue weighted by Crippen LogP contribution is 2.38. The lowest BCUT2D eigenvalue weighted by Crippen LogP contribution is -3.00. The molecule has 0 radical (unpaired) electrons. The van der Waals surface area contributed by atoms with Crippen molar-refractivity contribution >= 4 is 47.3 Å². The van der Waals surface area contributed by atoms with Crippen molar-refractivity contribution in [3.8, 4) is 11.5 Å². The summed E-state index contributed by atoms with van der Waals surface area (Å²) in [4.78, 5) is 59.1. The van der Waals surface area contributed by atoms with Crippen LogP contribution in [0.4, 0.5) is 32.9 Å². The summed E-state index contributed by atoms with van der Waals surface area (Å²) in [5.41, 5.74) is 8.11. The summed E-state index contributed by atoms with van der Waals surface area (Å²) in [5.74, 6) is 2.15. The zero-order chi connectivity index (χ0) is 30.5. The van der Waals surface area contributed by atoms with Crippen LogP contribution in [0.5, 0.6) is 11.5 Å². The molecule has 2 saturated carbocycles. The maximum Gasteiger partial charge on any atom is 0.416 e. The number of nitrogens with zero attached hydrogens (tertiary/aromatic N) is 4. The first-order valence-corrected chi connectivity index (χ1v) is 14.8. The monoisotopic (exact) mass is 680 g/mol. The highest BCUT2D eigenvalue weighted by atomic mass is 35.5. The van der Waals surface area contributed by atoms with E-state index < -0.39 is 0 Å². The van der Waals surface area contributed by atoms with Crippen molar-refractivity contribution in [1.82, 2.24) is 9.97 Å². The predicted octanol–water partition coefficient (Wildman–Crippen LogP) is -6.19. The molecule has 4 aliphatic heterocycles. The molecule has 6 aliphatic rings. The first-order chi connectivity index (χ1) is 21.2. The van der Waals surface area contributed by atoms with Gasteiger partial charge in [-0.05, 0) is 37.1 Å². The Balaban J connectivity index is 0.000000174. The van der Waals surface area contributed by atoms with Crippen molar-refractivity contribution in [3.05, 3.63) is 24.3 Å². The van der Waals surface area contributed by atoms with Gasteiger partial charge in [-0.15, -0.1) is 0 Å². The molecule has 16 nitrogen and oxygen atoms in total. The van der Waals surface area contributed by atoms with Gasteiger partial charge >= 0.3 is 12.2 Å². The molecule has 4 amide bonds. The summed E-state index contributed by atoms with van der Waals surface area (Å²) in [6.07, 6.45) is 4.10. The van der Waals surface area contributed by atoms with E-state index in [9.17, 15) is 19.2 Å². The van der Waals surface area contributed by atoms with E-state index in [0.29, 0.717) is 46.9 Å². The Bertz CT molecular complexity index is 1420. The largest absolute Gasteiger partial charge is 1.00 e. The number of amides is 4. The number of carbonyl (C=O) groups excluding carboxylic acids is 4. The number of ether oxygens (including phenoxy) is 4. The Morgan fingerprint density at radius 1 is 0.652 bits per heavy atom. The van der Waals surface area contributed by atoms with Crippen LogP contribution in [0.1, 0.15) is 38.5 Å². The molecule has 248 valence electrons. The maximum atomic E-state index is 12.2. The fourth-order valence-corrected chi connectivity index (χ4v) is 6.58. The predicted molar refractivity (Wildman–Crippen MR) is 151 cm³/mol. The number of carbonyl (C=O) groups is 4. The molecule has 6 heterocycles. The summed E-state index contributed by atoms with van der Waals surface area (Å²) >= 11 is 0. The van der Waals surface area contributed by atoms with Crippen LogP contribution < -0.4 is 66.2 Å². The Kier molecular flexibility index (Phi) is 9.62. The third-order valence-electron chi connectivity index (χ3n) is 8.71. The molecule has 6 atom stereocenters. The molecule has 4 fully saturated rings. The molecule has 6 unspecified atom stereocenters. The topological polar surface area (TPSA) is 217 Å². The standard InChI is InChI=1S/2C14H16N4O4.2ClH/c2*15-7-1-2-8-10(5-7)22-14(20)18(8)11-4-3-9-13(16-11)17-12(19)6-21-9;;/h2*3-4,7-8,10H,1-2,5-6,15H2,(H,16,17,19);2*1H. The summed E-state index contributed by atoms with van der Waals surface area (Å²) in [6.45, 7) is -0.0370. The van der Waals surface area contributed by atoms with E-state index in [0.717, 1.165) is 38.5 Å². The van der Waals surface area contributed by atoms with Gasteiger partial charge in [0.1, 0.15) is 23.8 Å². The lowest BCUT2D eigenvalue weighted by molar-refractivity contribution is -0.429. The molecule has 2 aromatic rings. The molecule has 0 spiro atoms. The van der Waals surface area contributed by atoms with Crippen LogP contribution in [0.25, 0.3) is 0 Å². The SMILES string of the molecule is [Cl-].[Cl-].[NH3+]C1CCC2C(C1)OC(=O)N2c1ccc2c(n1)NC(=O)CO2.[NH3+]C1CCC2C(C1)OC(=O)N2c1ccc2c(n1)NC(=O)CO2. The van der Waals surface area contributed by atoms with Crippen molar-refractivity contribution in [2.24, 2.45) is 0 Å². The minimum atomic E-state index is -0.389. The van der Waals surface area contributed by atoms with Gasteiger partial charge in [0.15, 0.2) is 36.3 Å². The van der Waals surface area contributed by atoms with Crippen molar-refractivity contribution in [3.63, 3.8) is 0 Å². The zero-order valence-corrected chi connectivity index (χ0v) is 26.2. The average molecular weight is 682 g/mol. The van der Waals surface area contributed by atoms with E-state index in [2.05, 4.69) is 32.1 Å². The summed E-state index contributed by atoms with van der Waals surface area (Å²) in [5, 5.41) is 5.31. The van der Waals surface area contributed by atoms with Gasteiger partial charge in [-0.2, -0.15) is 0 Å². The normalized spacial score (nSPS) is 28.7. The van der Waals surface area contributed by atoms with Crippen LogP contribution in [0.2, 0.25) is 0 Å². The fraction of sp³-hybridized carbons (Fsp3) is 0.500. The summed E-state index contributed by atoms with van der Waals surface area (Å²) < 4.78 is 21.5. The van der Waals surface area contributed by atoms with E-state index in [1.54, 1.807) is 34.1 Å². The number of hydrogen-bond donors (Lipinski definition) is 4. The second-order valence-corrected chi connectivity index (χ2v) is 11.8. The number of quaternary nitrogens is 2. The Labute approximate surface area is 275 Å². The molecule has 2 aliphatic carbocycles. The molecule has 18 heteroatoms. The zero-order valence-electron chi connectivity index (χ0n) is 24.7. The number of anilines is 4. The number of halogens is 2. The highest BCUT2D eigenvalue weighted by Gasteiger charge is 2.48. The van der Waals surface area contributed by atoms with Crippen LogP contribution >= 0.6 is 0 Å². The van der Waals surface area contributed by atoms with Crippen LogP contribution in [0, 0.1) is 0 Å². The summed E-state index contributed by atoms with van der Waals surface area (Å²) in [7, 11) is 0. The van der Waals surface area contributed by atoms with Crippen LogP contribution in [-0.4, -0.2) is 83.6 Å².